The summed E-state index contributed by atoms with van der Waals surface area (Å²) in [5.74, 6) is -2.41. The average Bonchev–Trinajstić information content (AvgIpc) is 2.73. The van der Waals surface area contributed by atoms with Crippen LogP contribution in [-0.2, 0) is 13.6 Å². The van der Waals surface area contributed by atoms with Crippen LogP contribution < -0.4 is 10.2 Å². The minimum absolute atomic E-state index is 0.206. The van der Waals surface area contributed by atoms with Gasteiger partial charge in [0, 0.05) is 33.3 Å². The van der Waals surface area contributed by atoms with E-state index in [0.29, 0.717) is 6.07 Å². The molecule has 1 aromatic heterocycles. The lowest BCUT2D eigenvalue weighted by molar-refractivity contribution is 0.497. The molecule has 0 aliphatic carbocycles. The zero-order valence-electron chi connectivity index (χ0n) is 11.4. The highest BCUT2D eigenvalue weighted by Gasteiger charge is 2.12. The average molecular weight is 284 g/mol. The maximum Gasteiger partial charge on any atom is 0.204 e. The minimum Gasteiger partial charge on any atom is -0.377 e. The van der Waals surface area contributed by atoms with Gasteiger partial charge in [0.2, 0.25) is 5.95 Å². The number of hydrogen-bond donors (Lipinski definition) is 1. The van der Waals surface area contributed by atoms with Crippen molar-refractivity contribution >= 4 is 11.6 Å². The third-order valence-electron chi connectivity index (χ3n) is 2.91. The van der Waals surface area contributed by atoms with Crippen LogP contribution in [0.4, 0.5) is 24.8 Å². The Morgan fingerprint density at radius 1 is 1.25 bits per heavy atom. The lowest BCUT2D eigenvalue weighted by Gasteiger charge is -2.13. The van der Waals surface area contributed by atoms with E-state index in [2.05, 4.69) is 10.3 Å². The fourth-order valence-corrected chi connectivity index (χ4v) is 1.88. The van der Waals surface area contributed by atoms with E-state index in [1.54, 1.807) is 10.8 Å². The van der Waals surface area contributed by atoms with Crippen molar-refractivity contribution in [2.45, 2.75) is 6.54 Å². The molecule has 0 aliphatic rings. The molecule has 0 radical (unpaired) electrons. The predicted molar refractivity (Wildman–Crippen MR) is 71.2 cm³/mol. The number of rotatable bonds is 4. The van der Waals surface area contributed by atoms with Crippen molar-refractivity contribution < 1.29 is 13.2 Å². The van der Waals surface area contributed by atoms with Crippen molar-refractivity contribution in [3.63, 3.8) is 0 Å². The molecule has 0 aliphatic heterocycles. The quantitative estimate of drug-likeness (QED) is 0.876. The number of nitrogens with zero attached hydrogens (tertiary/aromatic N) is 3. The van der Waals surface area contributed by atoms with Crippen LogP contribution in [0.1, 0.15) is 5.69 Å². The molecule has 1 aromatic carbocycles. The molecule has 108 valence electrons. The molecule has 1 heterocycles. The zero-order chi connectivity index (χ0) is 14.9. The lowest BCUT2D eigenvalue weighted by Crippen LogP contribution is -2.15. The fraction of sp³-hybridized carbons (Fsp3) is 0.308. The van der Waals surface area contributed by atoms with Gasteiger partial charge < -0.3 is 14.8 Å². The van der Waals surface area contributed by atoms with E-state index in [4.69, 9.17) is 0 Å². The highest BCUT2D eigenvalue weighted by Crippen LogP contribution is 2.20. The molecular formula is C13H15F3N4. The zero-order valence-corrected chi connectivity index (χ0v) is 11.4. The second-order valence-corrected chi connectivity index (χ2v) is 4.61. The Labute approximate surface area is 114 Å². The first-order valence-corrected chi connectivity index (χ1v) is 5.96. The first-order chi connectivity index (χ1) is 9.40. The summed E-state index contributed by atoms with van der Waals surface area (Å²) in [4.78, 5) is 6.02. The highest BCUT2D eigenvalue weighted by molar-refractivity contribution is 5.46. The number of hydrogen-bond acceptors (Lipinski definition) is 3. The predicted octanol–water partition coefficient (Wildman–Crippen LogP) is 2.52. The van der Waals surface area contributed by atoms with Gasteiger partial charge in [-0.05, 0) is 0 Å². The highest BCUT2D eigenvalue weighted by atomic mass is 19.2. The van der Waals surface area contributed by atoms with Gasteiger partial charge in [0.25, 0.3) is 0 Å². The van der Waals surface area contributed by atoms with Gasteiger partial charge in [0.05, 0.1) is 24.1 Å². The van der Waals surface area contributed by atoms with Crippen molar-refractivity contribution in [2.75, 3.05) is 24.3 Å². The summed E-state index contributed by atoms with van der Waals surface area (Å²) in [5.41, 5.74) is 0.549. The largest absolute Gasteiger partial charge is 0.377 e. The molecule has 0 unspecified atom stereocenters. The van der Waals surface area contributed by atoms with Crippen LogP contribution in [0.5, 0.6) is 0 Å². The van der Waals surface area contributed by atoms with E-state index in [1.165, 1.54) is 0 Å². The Morgan fingerprint density at radius 3 is 2.55 bits per heavy atom. The Balaban J connectivity index is 2.17. The van der Waals surface area contributed by atoms with E-state index >= 15 is 0 Å². The number of benzene rings is 1. The van der Waals surface area contributed by atoms with Gasteiger partial charge in [-0.25, -0.2) is 18.2 Å². The van der Waals surface area contributed by atoms with Crippen molar-refractivity contribution in [1.82, 2.24) is 9.55 Å². The molecule has 0 amide bonds. The van der Waals surface area contributed by atoms with Crippen molar-refractivity contribution in [3.05, 3.63) is 41.5 Å². The normalized spacial score (nSPS) is 10.7. The summed E-state index contributed by atoms with van der Waals surface area (Å²) >= 11 is 0. The van der Waals surface area contributed by atoms with E-state index in [9.17, 15) is 13.2 Å². The van der Waals surface area contributed by atoms with Crippen LogP contribution in [-0.4, -0.2) is 23.6 Å². The smallest absolute Gasteiger partial charge is 0.204 e. The van der Waals surface area contributed by atoms with Crippen molar-refractivity contribution in [2.24, 2.45) is 7.05 Å². The van der Waals surface area contributed by atoms with Crippen LogP contribution in [0.2, 0.25) is 0 Å². The molecule has 1 N–H and O–H groups in total. The molecule has 2 rings (SSSR count). The van der Waals surface area contributed by atoms with Gasteiger partial charge >= 0.3 is 0 Å². The number of halogens is 3. The van der Waals surface area contributed by atoms with Gasteiger partial charge in [-0.1, -0.05) is 0 Å². The van der Waals surface area contributed by atoms with Gasteiger partial charge in [-0.2, -0.15) is 0 Å². The van der Waals surface area contributed by atoms with Crippen molar-refractivity contribution in [1.29, 1.82) is 0 Å². The molecule has 0 spiro atoms. The maximum absolute atomic E-state index is 13.5. The summed E-state index contributed by atoms with van der Waals surface area (Å²) in [6, 6.07) is 1.43. The topological polar surface area (TPSA) is 33.1 Å². The first-order valence-electron chi connectivity index (χ1n) is 5.96. The molecule has 7 heteroatoms. The number of anilines is 2. The van der Waals surface area contributed by atoms with Crippen LogP contribution in [0.25, 0.3) is 0 Å². The third-order valence-corrected chi connectivity index (χ3v) is 2.91. The summed E-state index contributed by atoms with van der Waals surface area (Å²) in [5, 5.41) is 2.67. The third kappa shape index (κ3) is 2.71. The van der Waals surface area contributed by atoms with E-state index in [1.807, 2.05) is 26.0 Å². The second-order valence-electron chi connectivity index (χ2n) is 4.61. The SMILES string of the molecule is CN(C)c1ncc(CNc2cc(F)cc(F)c2F)n1C. The van der Waals surface area contributed by atoms with E-state index in [0.717, 1.165) is 17.7 Å². The van der Waals surface area contributed by atoms with Crippen LogP contribution in [0, 0.1) is 17.5 Å². The Hall–Kier alpha value is -2.18. The Kier molecular flexibility index (Phi) is 3.87. The number of aromatic nitrogens is 2. The summed E-state index contributed by atoms with van der Waals surface area (Å²) in [6.45, 7) is 0.206. The molecule has 0 bridgehead atoms. The summed E-state index contributed by atoms with van der Waals surface area (Å²) in [6.07, 6.45) is 1.62. The maximum atomic E-state index is 13.5. The Morgan fingerprint density at radius 2 is 1.95 bits per heavy atom. The summed E-state index contributed by atoms with van der Waals surface area (Å²) < 4.78 is 41.4. The number of nitrogens with one attached hydrogen (secondary N) is 1. The van der Waals surface area contributed by atoms with Gasteiger partial charge in [-0.15, -0.1) is 0 Å². The molecule has 20 heavy (non-hydrogen) atoms. The Bertz CT molecular complexity index is 622. The second kappa shape index (κ2) is 5.44. The van der Waals surface area contributed by atoms with E-state index in [-0.39, 0.29) is 12.2 Å². The summed E-state index contributed by atoms with van der Waals surface area (Å²) in [7, 11) is 5.50. The molecule has 2 aromatic rings. The molecule has 4 nitrogen and oxygen atoms in total. The molecule has 0 saturated carbocycles. The van der Waals surface area contributed by atoms with Gasteiger partial charge in [0.1, 0.15) is 5.82 Å². The fourth-order valence-electron chi connectivity index (χ4n) is 1.88. The standard InChI is InChI=1S/C13H15F3N4/c1-19(2)13-18-7-9(20(13)3)6-17-11-5-8(14)4-10(15)12(11)16/h4-5,7,17H,6H2,1-3H3. The van der Waals surface area contributed by atoms with Crippen LogP contribution in [0.15, 0.2) is 18.3 Å². The molecule has 0 saturated heterocycles. The van der Waals surface area contributed by atoms with Crippen molar-refractivity contribution in [3.8, 4) is 0 Å². The molecule has 0 atom stereocenters. The monoisotopic (exact) mass is 284 g/mol. The van der Waals surface area contributed by atoms with Crippen LogP contribution >= 0.6 is 0 Å². The van der Waals surface area contributed by atoms with Gasteiger partial charge in [-0.3, -0.25) is 0 Å². The van der Waals surface area contributed by atoms with Crippen LogP contribution in [0.3, 0.4) is 0 Å². The molecule has 0 fully saturated rings. The minimum atomic E-state index is -1.22. The van der Waals surface area contributed by atoms with Gasteiger partial charge in [0.15, 0.2) is 11.6 Å². The lowest BCUT2D eigenvalue weighted by atomic mass is 10.2. The first kappa shape index (κ1) is 14.2. The molecular weight excluding hydrogens is 269 g/mol. The number of imidazole rings is 1. The van der Waals surface area contributed by atoms with E-state index < -0.39 is 17.5 Å².